The molecular weight excluding hydrogens is 310 g/mol. The second-order valence-corrected chi connectivity index (χ2v) is 6.03. The Kier molecular flexibility index (Phi) is 3.84. The number of anilines is 1. The smallest absolute Gasteiger partial charge is 0.232 e. The molecule has 1 saturated heterocycles. The maximum atomic E-state index is 12.4. The number of amides is 1. The number of carbonyl (C=O) groups excluding carboxylic acids is 1. The van der Waals surface area contributed by atoms with Crippen LogP contribution in [0, 0.1) is 0 Å². The Labute approximate surface area is 139 Å². The molecular formula is C17H19N3O4. The van der Waals surface area contributed by atoms with E-state index < -0.39 is 0 Å². The quantitative estimate of drug-likeness (QED) is 0.856. The van der Waals surface area contributed by atoms with E-state index in [0.29, 0.717) is 49.4 Å². The van der Waals surface area contributed by atoms with E-state index in [9.17, 15) is 4.79 Å². The summed E-state index contributed by atoms with van der Waals surface area (Å²) in [6.45, 7) is 3.68. The fourth-order valence-corrected chi connectivity index (χ4v) is 3.08. The summed E-state index contributed by atoms with van der Waals surface area (Å²) in [6.07, 6.45) is 2.13. The molecule has 3 heterocycles. The van der Waals surface area contributed by atoms with E-state index in [1.165, 1.54) is 0 Å². The van der Waals surface area contributed by atoms with Gasteiger partial charge in [0.05, 0.1) is 5.92 Å². The summed E-state index contributed by atoms with van der Waals surface area (Å²) in [4.78, 5) is 18.6. The standard InChI is InChI=1S/C17H19N3O4/c1-2-3-15-18-17(24-19-15)11-8-16(21)20(10-11)12-4-5-13-14(9-12)23-7-6-22-13/h4-5,9,11H,2-3,6-8,10H2,1H3. The maximum Gasteiger partial charge on any atom is 0.232 e. The number of rotatable bonds is 4. The van der Waals surface area contributed by atoms with Gasteiger partial charge in [-0.15, -0.1) is 0 Å². The third-order valence-corrected chi connectivity index (χ3v) is 4.27. The molecule has 7 nitrogen and oxygen atoms in total. The van der Waals surface area contributed by atoms with Crippen LogP contribution >= 0.6 is 0 Å². The van der Waals surface area contributed by atoms with Crippen molar-refractivity contribution in [1.82, 2.24) is 10.1 Å². The third-order valence-electron chi connectivity index (χ3n) is 4.27. The fraction of sp³-hybridized carbons (Fsp3) is 0.471. The van der Waals surface area contributed by atoms with E-state index in [-0.39, 0.29) is 11.8 Å². The molecule has 1 aromatic carbocycles. The first-order valence-electron chi connectivity index (χ1n) is 8.27. The van der Waals surface area contributed by atoms with Crippen LogP contribution in [0.2, 0.25) is 0 Å². The molecule has 2 aliphatic rings. The van der Waals surface area contributed by atoms with E-state index >= 15 is 0 Å². The minimum Gasteiger partial charge on any atom is -0.486 e. The molecule has 1 aromatic heterocycles. The first kappa shape index (κ1) is 15.0. The van der Waals surface area contributed by atoms with Gasteiger partial charge < -0.3 is 18.9 Å². The van der Waals surface area contributed by atoms with E-state index in [4.69, 9.17) is 14.0 Å². The number of carbonyl (C=O) groups is 1. The zero-order chi connectivity index (χ0) is 16.5. The van der Waals surface area contributed by atoms with Crippen LogP contribution in [0.25, 0.3) is 0 Å². The molecule has 4 rings (SSSR count). The molecule has 1 fully saturated rings. The predicted molar refractivity (Wildman–Crippen MR) is 85.4 cm³/mol. The Bertz CT molecular complexity index is 758. The number of hydrogen-bond acceptors (Lipinski definition) is 6. The molecule has 1 unspecified atom stereocenters. The number of ether oxygens (including phenoxy) is 2. The Morgan fingerprint density at radius 1 is 1.25 bits per heavy atom. The number of hydrogen-bond donors (Lipinski definition) is 0. The monoisotopic (exact) mass is 329 g/mol. The summed E-state index contributed by atoms with van der Waals surface area (Å²) in [5.74, 6) is 2.63. The molecule has 2 aliphatic heterocycles. The second-order valence-electron chi connectivity index (χ2n) is 6.03. The Hall–Kier alpha value is -2.57. The van der Waals surface area contributed by atoms with Crippen LogP contribution in [0.4, 0.5) is 5.69 Å². The summed E-state index contributed by atoms with van der Waals surface area (Å²) in [5.41, 5.74) is 0.806. The van der Waals surface area contributed by atoms with Gasteiger partial charge in [-0.1, -0.05) is 12.1 Å². The first-order chi connectivity index (χ1) is 11.7. The number of fused-ring (bicyclic) bond motifs is 1. The van der Waals surface area contributed by atoms with E-state index in [1.54, 1.807) is 4.90 Å². The van der Waals surface area contributed by atoms with Crippen LogP contribution in [0.3, 0.4) is 0 Å². The predicted octanol–water partition coefficient (Wildman–Crippen LogP) is 2.31. The first-order valence-corrected chi connectivity index (χ1v) is 8.27. The van der Waals surface area contributed by atoms with Gasteiger partial charge in [0.2, 0.25) is 11.8 Å². The van der Waals surface area contributed by atoms with E-state index in [2.05, 4.69) is 17.1 Å². The molecule has 7 heteroatoms. The fourth-order valence-electron chi connectivity index (χ4n) is 3.08. The molecule has 24 heavy (non-hydrogen) atoms. The van der Waals surface area contributed by atoms with Gasteiger partial charge in [-0.2, -0.15) is 4.98 Å². The second kappa shape index (κ2) is 6.14. The largest absolute Gasteiger partial charge is 0.486 e. The normalized spacial score (nSPS) is 19.8. The summed E-state index contributed by atoms with van der Waals surface area (Å²) in [7, 11) is 0. The zero-order valence-corrected chi connectivity index (χ0v) is 13.5. The summed E-state index contributed by atoms with van der Waals surface area (Å²) < 4.78 is 16.5. The minimum atomic E-state index is -0.0659. The minimum absolute atomic E-state index is 0.0481. The van der Waals surface area contributed by atoms with Gasteiger partial charge in [-0.3, -0.25) is 4.79 Å². The van der Waals surface area contributed by atoms with Crippen LogP contribution in [0.5, 0.6) is 11.5 Å². The Morgan fingerprint density at radius 2 is 2.08 bits per heavy atom. The van der Waals surface area contributed by atoms with E-state index in [0.717, 1.165) is 18.5 Å². The summed E-state index contributed by atoms with van der Waals surface area (Å²) >= 11 is 0. The molecule has 126 valence electrons. The van der Waals surface area contributed by atoms with Crippen LogP contribution in [0.15, 0.2) is 22.7 Å². The Morgan fingerprint density at radius 3 is 2.92 bits per heavy atom. The lowest BCUT2D eigenvalue weighted by Crippen LogP contribution is -2.24. The highest BCUT2D eigenvalue weighted by Gasteiger charge is 2.35. The number of aryl methyl sites for hydroxylation is 1. The highest BCUT2D eigenvalue weighted by Crippen LogP contribution is 2.37. The van der Waals surface area contributed by atoms with Gasteiger partial charge in [0.25, 0.3) is 0 Å². The van der Waals surface area contributed by atoms with Crippen LogP contribution in [0.1, 0.15) is 37.4 Å². The molecule has 0 bridgehead atoms. The van der Waals surface area contributed by atoms with Crippen molar-refractivity contribution < 1.29 is 18.8 Å². The highest BCUT2D eigenvalue weighted by atomic mass is 16.6. The van der Waals surface area contributed by atoms with Crippen LogP contribution in [-0.4, -0.2) is 35.8 Å². The van der Waals surface area contributed by atoms with Gasteiger partial charge >= 0.3 is 0 Å². The number of benzene rings is 1. The van der Waals surface area contributed by atoms with Crippen molar-refractivity contribution in [2.45, 2.75) is 32.1 Å². The van der Waals surface area contributed by atoms with Gasteiger partial charge in [0, 0.05) is 31.1 Å². The van der Waals surface area contributed by atoms with Crippen molar-refractivity contribution in [3.05, 3.63) is 29.9 Å². The molecule has 2 aromatic rings. The average Bonchev–Trinajstić information content (AvgIpc) is 3.21. The number of aromatic nitrogens is 2. The molecule has 1 amide bonds. The van der Waals surface area contributed by atoms with Crippen molar-refractivity contribution in [1.29, 1.82) is 0 Å². The molecule has 0 radical (unpaired) electrons. The van der Waals surface area contributed by atoms with Gasteiger partial charge in [0.15, 0.2) is 17.3 Å². The van der Waals surface area contributed by atoms with E-state index in [1.807, 2.05) is 18.2 Å². The lowest BCUT2D eigenvalue weighted by atomic mass is 10.1. The lowest BCUT2D eigenvalue weighted by molar-refractivity contribution is -0.117. The summed E-state index contributed by atoms with van der Waals surface area (Å²) in [5, 5.41) is 3.98. The van der Waals surface area contributed by atoms with Crippen molar-refractivity contribution in [2.75, 3.05) is 24.7 Å². The van der Waals surface area contributed by atoms with Crippen LogP contribution in [-0.2, 0) is 11.2 Å². The maximum absolute atomic E-state index is 12.4. The van der Waals surface area contributed by atoms with Crippen molar-refractivity contribution >= 4 is 11.6 Å². The van der Waals surface area contributed by atoms with Crippen molar-refractivity contribution in [3.63, 3.8) is 0 Å². The van der Waals surface area contributed by atoms with Gasteiger partial charge in [-0.25, -0.2) is 0 Å². The molecule has 1 atom stereocenters. The molecule has 0 aliphatic carbocycles. The van der Waals surface area contributed by atoms with Gasteiger partial charge in [-0.05, 0) is 18.6 Å². The van der Waals surface area contributed by atoms with Crippen molar-refractivity contribution in [3.8, 4) is 11.5 Å². The van der Waals surface area contributed by atoms with Crippen molar-refractivity contribution in [2.24, 2.45) is 0 Å². The number of nitrogens with zero attached hydrogens (tertiary/aromatic N) is 3. The third kappa shape index (κ3) is 2.70. The topological polar surface area (TPSA) is 77.7 Å². The Balaban J connectivity index is 1.53. The van der Waals surface area contributed by atoms with Crippen LogP contribution < -0.4 is 14.4 Å². The SMILES string of the molecule is CCCc1noc(C2CC(=O)N(c3ccc4c(c3)OCCO4)C2)n1. The molecule has 0 saturated carbocycles. The summed E-state index contributed by atoms with van der Waals surface area (Å²) in [6, 6.07) is 5.58. The average molecular weight is 329 g/mol. The van der Waals surface area contributed by atoms with Gasteiger partial charge in [0.1, 0.15) is 13.2 Å². The highest BCUT2D eigenvalue weighted by molar-refractivity contribution is 5.96. The lowest BCUT2D eigenvalue weighted by Gasteiger charge is -2.22. The zero-order valence-electron chi connectivity index (χ0n) is 13.5. The molecule has 0 N–H and O–H groups in total. The molecule has 0 spiro atoms.